The van der Waals surface area contributed by atoms with Crippen molar-refractivity contribution in [2.24, 2.45) is 17.6 Å². The van der Waals surface area contributed by atoms with E-state index in [1.807, 2.05) is 0 Å². The van der Waals surface area contributed by atoms with Crippen LogP contribution in [0.15, 0.2) is 46.9 Å². The summed E-state index contributed by atoms with van der Waals surface area (Å²) in [4.78, 5) is 42.9. The molecule has 5 rings (SSSR count). The van der Waals surface area contributed by atoms with Crippen LogP contribution < -0.4 is 21.3 Å². The molecule has 0 radical (unpaired) electrons. The number of rotatable bonds is 5. The molecule has 4 atom stereocenters. The highest BCUT2D eigenvalue weighted by Gasteiger charge is 2.63. The van der Waals surface area contributed by atoms with Crippen molar-refractivity contribution in [1.82, 2.24) is 4.90 Å². The number of benzene rings is 2. The Balaban J connectivity index is 1.59. The van der Waals surface area contributed by atoms with Crippen LogP contribution in [0.5, 0.6) is 5.75 Å². The maximum absolute atomic E-state index is 14.2. The van der Waals surface area contributed by atoms with Gasteiger partial charge in [0, 0.05) is 37.0 Å². The Morgan fingerprint density at radius 3 is 2.02 bits per heavy atom. The number of phenolic OH excluding ortho intramolecular Hbond substituents is 1. The van der Waals surface area contributed by atoms with Crippen molar-refractivity contribution >= 4 is 51.9 Å². The largest absolute Gasteiger partial charge is 0.510 e. The van der Waals surface area contributed by atoms with Crippen LogP contribution in [0, 0.1) is 11.8 Å². The number of aliphatic hydroxyl groups is 3. The van der Waals surface area contributed by atoms with Crippen LogP contribution in [-0.4, -0.2) is 87.7 Å². The number of carbonyl (C=O) groups excluding carboxylic acids is 3. The lowest BCUT2D eigenvalue weighted by molar-refractivity contribution is -0.148. The third-order valence-electron chi connectivity index (χ3n) is 9.27. The van der Waals surface area contributed by atoms with Gasteiger partial charge in [0.25, 0.3) is 5.91 Å². The first-order valence-corrected chi connectivity index (χ1v) is 15.4. The van der Waals surface area contributed by atoms with Gasteiger partial charge >= 0.3 is 12.4 Å². The van der Waals surface area contributed by atoms with Gasteiger partial charge in [-0.05, 0) is 74.9 Å². The molecule has 12 nitrogen and oxygen atoms in total. The number of allylic oxidation sites excluding steroid dienone is 1. The highest BCUT2D eigenvalue weighted by molar-refractivity contribution is 7.80. The van der Waals surface area contributed by atoms with Crippen molar-refractivity contribution < 1.29 is 61.2 Å². The van der Waals surface area contributed by atoms with Gasteiger partial charge in [-0.25, -0.2) is 0 Å². The summed E-state index contributed by atoms with van der Waals surface area (Å²) in [6.45, 7) is 0. The summed E-state index contributed by atoms with van der Waals surface area (Å²) in [5, 5.41) is 49.8. The van der Waals surface area contributed by atoms with Gasteiger partial charge in [0.05, 0.1) is 28.4 Å². The molecule has 0 unspecified atom stereocenters. The number of hydrogen-bond donors (Lipinski definition) is 7. The zero-order valence-electron chi connectivity index (χ0n) is 27.1. The van der Waals surface area contributed by atoms with Crippen molar-refractivity contribution in [3.63, 3.8) is 0 Å². The molecule has 2 aromatic rings. The summed E-state index contributed by atoms with van der Waals surface area (Å²) in [5.41, 5.74) is -3.03. The fraction of sp³-hybridized carbons (Fsp3) is 0.375. The monoisotopic (exact) mass is 743 g/mol. The molecule has 8 N–H and O–H groups in total. The minimum atomic E-state index is -5.14. The number of primary amides is 1. The van der Waals surface area contributed by atoms with E-state index < -0.39 is 109 Å². The van der Waals surface area contributed by atoms with E-state index in [0.717, 1.165) is 0 Å². The topological polar surface area (TPSA) is 189 Å². The van der Waals surface area contributed by atoms with Crippen molar-refractivity contribution in [3.8, 4) is 5.75 Å². The molecule has 0 saturated carbocycles. The first-order valence-electron chi connectivity index (χ1n) is 15.0. The predicted molar refractivity (Wildman–Crippen MR) is 174 cm³/mol. The summed E-state index contributed by atoms with van der Waals surface area (Å²) < 4.78 is 80.4. The van der Waals surface area contributed by atoms with Gasteiger partial charge in [-0.15, -0.1) is 0 Å². The lowest BCUT2D eigenvalue weighted by Gasteiger charge is -2.50. The normalized spacial score (nSPS) is 23.5. The Hall–Kier alpha value is -4.88. The van der Waals surface area contributed by atoms with Gasteiger partial charge in [-0.3, -0.25) is 19.3 Å². The standard InChI is InChI=1S/C32H31F6N5O7S/c1-42(2)18-10-17(41-29(51)40-14-8-12(31(33,34)35)7-13(9-14)32(36,37)38)23(44)20-15(18)5-11-6-16-22(43(3)4)25(46)21(28(39)49)27(48)30(16,50)26(47)19(11)24(20)45/h7-11,16,22,44,46-47,50H,5-6H2,1-4H3,(H2,39,49)(H2,40,41,51)/t11-,16-,22-,30-/m0/s1. The number of halogens is 6. The van der Waals surface area contributed by atoms with E-state index in [4.69, 9.17) is 18.0 Å². The number of thiocarbonyl (C=S) groups is 1. The summed E-state index contributed by atoms with van der Waals surface area (Å²) in [5.74, 6) is -8.58. The van der Waals surface area contributed by atoms with Crippen LogP contribution >= 0.6 is 12.2 Å². The Morgan fingerprint density at radius 2 is 1.53 bits per heavy atom. The number of carbonyl (C=O) groups is 3. The molecule has 0 saturated heterocycles. The third kappa shape index (κ3) is 6.12. The van der Waals surface area contributed by atoms with Crippen LogP contribution in [0.1, 0.15) is 33.5 Å². The van der Waals surface area contributed by atoms with Gasteiger partial charge < -0.3 is 41.7 Å². The van der Waals surface area contributed by atoms with Crippen molar-refractivity contribution in [2.75, 3.05) is 43.7 Å². The number of amides is 1. The lowest BCUT2D eigenvalue weighted by atomic mass is 9.58. The molecule has 19 heteroatoms. The molecule has 2 aromatic carbocycles. The number of Topliss-reactive ketones (excluding diaryl/α,β-unsaturated/α-hetero) is 2. The van der Waals surface area contributed by atoms with E-state index in [1.165, 1.54) is 25.1 Å². The summed E-state index contributed by atoms with van der Waals surface area (Å²) >= 11 is 5.14. The predicted octanol–water partition coefficient (Wildman–Crippen LogP) is 4.03. The van der Waals surface area contributed by atoms with E-state index in [2.05, 4.69) is 10.6 Å². The van der Waals surface area contributed by atoms with E-state index >= 15 is 0 Å². The highest BCUT2D eigenvalue weighted by atomic mass is 32.1. The first kappa shape index (κ1) is 37.4. The second-order valence-electron chi connectivity index (χ2n) is 12.9. The smallest absolute Gasteiger partial charge is 0.416 e. The number of nitrogens with zero attached hydrogens (tertiary/aromatic N) is 2. The van der Waals surface area contributed by atoms with Crippen molar-refractivity contribution in [1.29, 1.82) is 0 Å². The van der Waals surface area contributed by atoms with E-state index in [-0.39, 0.29) is 30.2 Å². The quantitative estimate of drug-likeness (QED) is 0.101. The molecule has 0 fully saturated rings. The van der Waals surface area contributed by atoms with Crippen LogP contribution in [0.3, 0.4) is 0 Å². The maximum atomic E-state index is 14.2. The van der Waals surface area contributed by atoms with E-state index in [1.54, 1.807) is 19.0 Å². The molecule has 0 heterocycles. The fourth-order valence-electron chi connectivity index (χ4n) is 7.10. The number of ketones is 2. The molecular formula is C32H31F6N5O7S. The number of aromatic hydroxyl groups is 1. The van der Waals surface area contributed by atoms with Gasteiger partial charge in [-0.1, -0.05) is 0 Å². The number of phenols is 1. The lowest BCUT2D eigenvalue weighted by Crippen LogP contribution is -2.63. The molecule has 0 aromatic heterocycles. The second-order valence-corrected chi connectivity index (χ2v) is 13.3. The van der Waals surface area contributed by atoms with Gasteiger partial charge in [0.15, 0.2) is 22.2 Å². The average molecular weight is 744 g/mol. The molecular weight excluding hydrogens is 712 g/mol. The second kappa shape index (κ2) is 12.4. The molecule has 51 heavy (non-hydrogen) atoms. The maximum Gasteiger partial charge on any atom is 0.416 e. The number of hydrogen-bond acceptors (Lipinski definition) is 10. The Kier molecular flexibility index (Phi) is 9.10. The highest BCUT2D eigenvalue weighted by Crippen LogP contribution is 2.54. The number of aliphatic hydroxyl groups excluding tert-OH is 2. The summed E-state index contributed by atoms with van der Waals surface area (Å²) in [7, 11) is 6.14. The van der Waals surface area contributed by atoms with Gasteiger partial charge in [-0.2, -0.15) is 26.3 Å². The Labute approximate surface area is 290 Å². The minimum absolute atomic E-state index is 0.0525. The average Bonchev–Trinajstić information content (AvgIpc) is 2.98. The van der Waals surface area contributed by atoms with Crippen LogP contribution in [0.25, 0.3) is 0 Å². The Bertz CT molecular complexity index is 1930. The SMILES string of the molecule is CN(C)c1cc(NC(=S)Nc2cc(C(F)(F)F)cc(C(F)(F)F)c2)c(O)c2c1C[C@H]1C[C@H]3[C@H](N(C)C)C(O)=C(C(N)=O)C(=O)[C@@]3(O)C(O)=C1C2=O. The number of alkyl halides is 6. The van der Waals surface area contributed by atoms with Crippen molar-refractivity contribution in [2.45, 2.75) is 36.8 Å². The summed E-state index contributed by atoms with van der Waals surface area (Å²) in [6.07, 6.45) is -10.5. The molecule has 0 aliphatic heterocycles. The number of nitrogens with one attached hydrogen (secondary N) is 2. The zero-order chi connectivity index (χ0) is 38.3. The molecule has 0 bridgehead atoms. The molecule has 3 aliphatic carbocycles. The molecule has 274 valence electrons. The number of likely N-dealkylation sites (N-methyl/N-ethyl adjacent to an activating group) is 1. The van der Waals surface area contributed by atoms with E-state index in [0.29, 0.717) is 17.8 Å². The third-order valence-corrected chi connectivity index (χ3v) is 9.48. The molecule has 0 spiro atoms. The van der Waals surface area contributed by atoms with E-state index in [9.17, 15) is 61.2 Å². The van der Waals surface area contributed by atoms with Crippen LogP contribution in [-0.2, 0) is 28.4 Å². The Morgan fingerprint density at radius 1 is 0.961 bits per heavy atom. The van der Waals surface area contributed by atoms with Gasteiger partial charge in [0.1, 0.15) is 17.1 Å². The first-order chi connectivity index (χ1) is 23.4. The number of anilines is 3. The van der Waals surface area contributed by atoms with Crippen LogP contribution in [0.2, 0.25) is 0 Å². The zero-order valence-corrected chi connectivity index (χ0v) is 27.9. The van der Waals surface area contributed by atoms with Gasteiger partial charge in [0.2, 0.25) is 5.78 Å². The fourth-order valence-corrected chi connectivity index (χ4v) is 7.33. The minimum Gasteiger partial charge on any atom is -0.510 e. The van der Waals surface area contributed by atoms with Crippen molar-refractivity contribution in [3.05, 3.63) is 69.2 Å². The summed E-state index contributed by atoms with van der Waals surface area (Å²) in [6, 6.07) is 0.862. The molecule has 3 aliphatic rings. The number of fused-ring (bicyclic) bond motifs is 3. The molecule has 1 amide bonds. The van der Waals surface area contributed by atoms with Crippen LogP contribution in [0.4, 0.5) is 43.4 Å². The number of nitrogens with two attached hydrogens (primary N) is 1.